The minimum absolute atomic E-state index is 0.144. The van der Waals surface area contributed by atoms with Gasteiger partial charge >= 0.3 is 0 Å². The molecule has 2 saturated heterocycles. The molecule has 0 aliphatic carbocycles. The van der Waals surface area contributed by atoms with Crippen molar-refractivity contribution in [1.82, 2.24) is 20.7 Å². The number of hydrogen-bond donors (Lipinski definition) is 3. The number of aromatic amines is 1. The number of rotatable bonds is 3. The number of carbonyl (C=O) groups excluding carboxylic acids is 1. The Balaban J connectivity index is 1.44. The molecule has 0 bridgehead atoms. The van der Waals surface area contributed by atoms with Gasteiger partial charge in [-0.2, -0.15) is 0 Å². The highest BCUT2D eigenvalue weighted by Gasteiger charge is 2.37. The molecule has 148 valence electrons. The molecule has 2 fully saturated rings. The summed E-state index contributed by atoms with van der Waals surface area (Å²) in [5.74, 6) is 0.798. The number of hydrazine groups is 1. The van der Waals surface area contributed by atoms with Gasteiger partial charge in [-0.1, -0.05) is 30.3 Å². The smallest absolute Gasteiger partial charge is 0.259 e. The Labute approximate surface area is 165 Å². The van der Waals surface area contributed by atoms with E-state index in [0.717, 1.165) is 25.1 Å². The molecule has 1 aromatic carbocycles. The lowest BCUT2D eigenvalue weighted by atomic mass is 9.80. The highest BCUT2D eigenvalue weighted by molar-refractivity contribution is 5.95. The molecule has 6 nitrogen and oxygen atoms in total. The van der Waals surface area contributed by atoms with Crippen LogP contribution in [0.4, 0.5) is 0 Å². The second-order valence-electron chi connectivity index (χ2n) is 8.01. The van der Waals surface area contributed by atoms with Crippen molar-refractivity contribution in [3.05, 3.63) is 69.1 Å². The molecule has 0 saturated carbocycles. The van der Waals surface area contributed by atoms with E-state index in [2.05, 4.69) is 40.1 Å². The van der Waals surface area contributed by atoms with Crippen molar-refractivity contribution in [1.29, 1.82) is 0 Å². The number of nitrogens with one attached hydrogen (secondary N) is 3. The number of H-pyrrole nitrogens is 1. The Morgan fingerprint density at radius 2 is 1.82 bits per heavy atom. The van der Waals surface area contributed by atoms with Gasteiger partial charge in [0.05, 0.1) is 0 Å². The third-order valence-electron chi connectivity index (χ3n) is 6.15. The number of pyridine rings is 1. The summed E-state index contributed by atoms with van der Waals surface area (Å²) in [5, 5.41) is 0. The second kappa shape index (κ2) is 7.89. The summed E-state index contributed by atoms with van der Waals surface area (Å²) in [7, 11) is 0. The molecule has 6 heteroatoms. The minimum atomic E-state index is -0.188. The molecule has 1 aromatic heterocycles. The number of benzene rings is 1. The van der Waals surface area contributed by atoms with Crippen LogP contribution in [-0.2, 0) is 0 Å². The van der Waals surface area contributed by atoms with Gasteiger partial charge in [0.1, 0.15) is 5.56 Å². The largest absolute Gasteiger partial charge is 0.362 e. The number of piperidine rings is 1. The molecular weight excluding hydrogens is 352 g/mol. The maximum absolute atomic E-state index is 12.9. The maximum Gasteiger partial charge on any atom is 0.259 e. The quantitative estimate of drug-likeness (QED) is 0.762. The van der Waals surface area contributed by atoms with Crippen LogP contribution in [0.25, 0.3) is 0 Å². The van der Waals surface area contributed by atoms with Crippen LogP contribution < -0.4 is 16.3 Å². The SMILES string of the molecule is Cc1cc(=O)c(C(=O)N2CCC(C3NNCC3c3ccccc3)CC2)c(C)[nH]1. The first-order valence-electron chi connectivity index (χ1n) is 10.1. The van der Waals surface area contributed by atoms with Gasteiger partial charge in [0.25, 0.3) is 5.91 Å². The first-order valence-corrected chi connectivity index (χ1v) is 10.1. The fourth-order valence-corrected chi connectivity index (χ4v) is 4.72. The van der Waals surface area contributed by atoms with Crippen LogP contribution in [0.5, 0.6) is 0 Å². The highest BCUT2D eigenvalue weighted by Crippen LogP contribution is 2.32. The van der Waals surface area contributed by atoms with E-state index in [1.165, 1.54) is 11.6 Å². The van der Waals surface area contributed by atoms with Crippen molar-refractivity contribution in [2.45, 2.75) is 38.6 Å². The van der Waals surface area contributed by atoms with Crippen LogP contribution in [0.3, 0.4) is 0 Å². The third kappa shape index (κ3) is 3.62. The molecule has 2 aliphatic rings. The van der Waals surface area contributed by atoms with Gasteiger partial charge in [-0.3, -0.25) is 20.4 Å². The minimum Gasteiger partial charge on any atom is -0.362 e. The number of likely N-dealkylation sites (tertiary alicyclic amines) is 1. The van der Waals surface area contributed by atoms with E-state index >= 15 is 0 Å². The van der Waals surface area contributed by atoms with Crippen molar-refractivity contribution in [2.24, 2.45) is 5.92 Å². The topological polar surface area (TPSA) is 77.2 Å². The molecule has 2 atom stereocenters. The van der Waals surface area contributed by atoms with Crippen LogP contribution >= 0.6 is 0 Å². The zero-order chi connectivity index (χ0) is 19.7. The first kappa shape index (κ1) is 18.9. The van der Waals surface area contributed by atoms with Crippen molar-refractivity contribution in [2.75, 3.05) is 19.6 Å². The molecule has 4 rings (SSSR count). The highest BCUT2D eigenvalue weighted by atomic mass is 16.2. The van der Waals surface area contributed by atoms with E-state index in [1.54, 1.807) is 6.92 Å². The van der Waals surface area contributed by atoms with E-state index in [9.17, 15) is 9.59 Å². The first-order chi connectivity index (χ1) is 13.5. The molecule has 2 unspecified atom stereocenters. The standard InChI is InChI=1S/C22H28N4O2/c1-14-12-19(27)20(15(2)24-14)22(28)26-10-8-17(9-11-26)21-18(13-23-25-21)16-6-4-3-5-7-16/h3-7,12,17-18,21,23,25H,8-11,13H2,1-2H3,(H,24,27). The van der Waals surface area contributed by atoms with Crippen molar-refractivity contribution < 1.29 is 4.79 Å². The zero-order valence-corrected chi connectivity index (χ0v) is 16.5. The van der Waals surface area contributed by atoms with E-state index < -0.39 is 0 Å². The predicted molar refractivity (Wildman–Crippen MR) is 109 cm³/mol. The Kier molecular flexibility index (Phi) is 5.33. The molecule has 28 heavy (non-hydrogen) atoms. The van der Waals surface area contributed by atoms with Crippen molar-refractivity contribution >= 4 is 5.91 Å². The third-order valence-corrected chi connectivity index (χ3v) is 6.15. The van der Waals surface area contributed by atoms with Gasteiger partial charge < -0.3 is 9.88 Å². The summed E-state index contributed by atoms with van der Waals surface area (Å²) in [6, 6.07) is 12.5. The molecule has 1 amide bonds. The Morgan fingerprint density at radius 1 is 1.11 bits per heavy atom. The van der Waals surface area contributed by atoms with Crippen LogP contribution in [0.15, 0.2) is 41.2 Å². The molecular formula is C22H28N4O2. The Morgan fingerprint density at radius 3 is 2.50 bits per heavy atom. The van der Waals surface area contributed by atoms with Crippen molar-refractivity contribution in [3.8, 4) is 0 Å². The van der Waals surface area contributed by atoms with Crippen LogP contribution in [0.1, 0.15) is 46.1 Å². The molecule has 3 heterocycles. The van der Waals surface area contributed by atoms with E-state index in [1.807, 2.05) is 17.9 Å². The predicted octanol–water partition coefficient (Wildman–Crippen LogP) is 2.10. The number of carbonyl (C=O) groups is 1. The van der Waals surface area contributed by atoms with Crippen molar-refractivity contribution in [3.63, 3.8) is 0 Å². The Bertz CT molecular complexity index is 900. The van der Waals surface area contributed by atoms with E-state index in [-0.39, 0.29) is 16.9 Å². The summed E-state index contributed by atoms with van der Waals surface area (Å²) in [6.07, 6.45) is 1.88. The van der Waals surface area contributed by atoms with Crippen LogP contribution in [0.2, 0.25) is 0 Å². The maximum atomic E-state index is 12.9. The normalized spacial score (nSPS) is 23.1. The van der Waals surface area contributed by atoms with Crippen LogP contribution in [0, 0.1) is 19.8 Å². The fourth-order valence-electron chi connectivity index (χ4n) is 4.72. The van der Waals surface area contributed by atoms with E-state index in [4.69, 9.17) is 0 Å². The monoisotopic (exact) mass is 380 g/mol. The van der Waals surface area contributed by atoms with Crippen LogP contribution in [-0.4, -0.2) is 41.5 Å². The van der Waals surface area contributed by atoms with E-state index in [0.29, 0.717) is 36.7 Å². The van der Waals surface area contributed by atoms with Gasteiger partial charge in [0.15, 0.2) is 5.43 Å². The second-order valence-corrected chi connectivity index (χ2v) is 8.01. The summed E-state index contributed by atoms with van der Waals surface area (Å²) in [6.45, 7) is 5.94. The lowest BCUT2D eigenvalue weighted by molar-refractivity contribution is 0.0667. The molecule has 2 aromatic rings. The number of aryl methyl sites for hydroxylation is 2. The molecule has 3 N–H and O–H groups in total. The Hall–Kier alpha value is -2.44. The number of amides is 1. The lowest BCUT2D eigenvalue weighted by Crippen LogP contribution is -2.46. The van der Waals surface area contributed by atoms with Gasteiger partial charge in [0.2, 0.25) is 0 Å². The summed E-state index contributed by atoms with van der Waals surface area (Å²) in [5.41, 5.74) is 9.67. The molecule has 0 radical (unpaired) electrons. The lowest BCUT2D eigenvalue weighted by Gasteiger charge is -2.36. The summed E-state index contributed by atoms with van der Waals surface area (Å²) >= 11 is 0. The van der Waals surface area contributed by atoms with Gasteiger partial charge in [-0.15, -0.1) is 0 Å². The number of aromatic nitrogens is 1. The average Bonchev–Trinajstić information content (AvgIpc) is 3.18. The molecule has 2 aliphatic heterocycles. The molecule has 0 spiro atoms. The summed E-state index contributed by atoms with van der Waals surface area (Å²) in [4.78, 5) is 30.2. The van der Waals surface area contributed by atoms with Gasteiger partial charge in [-0.25, -0.2) is 0 Å². The number of nitrogens with zero attached hydrogens (tertiary/aromatic N) is 1. The zero-order valence-electron chi connectivity index (χ0n) is 16.5. The number of hydrogen-bond acceptors (Lipinski definition) is 4. The summed E-state index contributed by atoms with van der Waals surface area (Å²) < 4.78 is 0. The van der Waals surface area contributed by atoms with Gasteiger partial charge in [-0.05, 0) is 38.2 Å². The average molecular weight is 380 g/mol. The fraction of sp³-hybridized carbons (Fsp3) is 0.455. The van der Waals surface area contributed by atoms with Gasteiger partial charge in [0, 0.05) is 49.0 Å².